The molecule has 0 saturated heterocycles. The lowest BCUT2D eigenvalue weighted by atomic mass is 10.2. The lowest BCUT2D eigenvalue weighted by Crippen LogP contribution is -2.20. The van der Waals surface area contributed by atoms with E-state index in [0.29, 0.717) is 0 Å². The van der Waals surface area contributed by atoms with Crippen LogP contribution < -0.4 is 16.0 Å². The summed E-state index contributed by atoms with van der Waals surface area (Å²) in [6, 6.07) is 12.0. The van der Waals surface area contributed by atoms with Crippen LogP contribution in [0.4, 0.5) is 4.39 Å². The van der Waals surface area contributed by atoms with Gasteiger partial charge in [-0.2, -0.15) is 10.2 Å². The molecule has 1 amide bonds. The number of primary amides is 1. The molecule has 2 heterocycles. The molecular formula is C18H11FN4O3. The van der Waals surface area contributed by atoms with Gasteiger partial charge in [-0.3, -0.25) is 14.0 Å². The Morgan fingerprint density at radius 3 is 2.69 bits per heavy atom. The zero-order valence-electron chi connectivity index (χ0n) is 13.2. The van der Waals surface area contributed by atoms with Gasteiger partial charge in [-0.1, -0.05) is 18.2 Å². The maximum atomic E-state index is 13.9. The van der Waals surface area contributed by atoms with Crippen LogP contribution in [0.3, 0.4) is 0 Å². The first-order valence-corrected chi connectivity index (χ1v) is 7.36. The number of fused-ring (bicyclic) bond motifs is 1. The molecule has 0 bridgehead atoms. The summed E-state index contributed by atoms with van der Waals surface area (Å²) < 4.78 is 20.6. The van der Waals surface area contributed by atoms with Crippen LogP contribution in [0.1, 0.15) is 5.56 Å². The van der Waals surface area contributed by atoms with Gasteiger partial charge in [0.2, 0.25) is 5.88 Å². The monoisotopic (exact) mass is 350 g/mol. The van der Waals surface area contributed by atoms with E-state index in [1.165, 1.54) is 28.8 Å². The lowest BCUT2D eigenvalue weighted by molar-refractivity contribution is -0.114. The van der Waals surface area contributed by atoms with E-state index in [2.05, 4.69) is 4.98 Å². The SMILES string of the molecule is N#C/C(=C\c1c(Oc2ccccc2F)nc2ccccn2c1=O)C(N)=O. The van der Waals surface area contributed by atoms with Gasteiger partial charge < -0.3 is 10.5 Å². The van der Waals surface area contributed by atoms with E-state index >= 15 is 0 Å². The van der Waals surface area contributed by atoms with E-state index in [0.717, 1.165) is 6.08 Å². The van der Waals surface area contributed by atoms with E-state index in [4.69, 9.17) is 15.7 Å². The summed E-state index contributed by atoms with van der Waals surface area (Å²) in [4.78, 5) is 28.3. The molecule has 0 aliphatic heterocycles. The molecule has 0 radical (unpaired) electrons. The number of nitriles is 1. The molecule has 0 aliphatic rings. The van der Waals surface area contributed by atoms with Gasteiger partial charge in [0.05, 0.1) is 0 Å². The van der Waals surface area contributed by atoms with Crippen molar-refractivity contribution in [3.63, 3.8) is 0 Å². The molecule has 0 fully saturated rings. The average molecular weight is 350 g/mol. The van der Waals surface area contributed by atoms with Crippen molar-refractivity contribution in [3.8, 4) is 17.7 Å². The number of amides is 1. The molecule has 26 heavy (non-hydrogen) atoms. The van der Waals surface area contributed by atoms with Gasteiger partial charge in [-0.05, 0) is 30.3 Å². The second-order valence-corrected chi connectivity index (χ2v) is 5.13. The molecule has 8 heteroatoms. The largest absolute Gasteiger partial charge is 0.435 e. The van der Waals surface area contributed by atoms with Crippen LogP contribution in [0.25, 0.3) is 11.7 Å². The van der Waals surface area contributed by atoms with Gasteiger partial charge in [-0.25, -0.2) is 4.39 Å². The van der Waals surface area contributed by atoms with Crippen molar-refractivity contribution in [2.45, 2.75) is 0 Å². The molecule has 1 aromatic carbocycles. The Hall–Kier alpha value is -3.99. The van der Waals surface area contributed by atoms with Crippen molar-refractivity contribution in [2.24, 2.45) is 5.73 Å². The number of hydrogen-bond donors (Lipinski definition) is 1. The van der Waals surface area contributed by atoms with Crippen molar-refractivity contribution in [2.75, 3.05) is 0 Å². The Labute approximate surface area is 146 Å². The molecule has 0 spiro atoms. The van der Waals surface area contributed by atoms with Crippen molar-refractivity contribution >= 4 is 17.6 Å². The highest BCUT2D eigenvalue weighted by Gasteiger charge is 2.17. The normalized spacial score (nSPS) is 11.2. The molecule has 128 valence electrons. The van der Waals surface area contributed by atoms with Crippen LogP contribution in [0.5, 0.6) is 11.6 Å². The smallest absolute Gasteiger partial charge is 0.269 e. The summed E-state index contributed by atoms with van der Waals surface area (Å²) in [7, 11) is 0. The summed E-state index contributed by atoms with van der Waals surface area (Å²) in [5.41, 5.74) is 4.11. The summed E-state index contributed by atoms with van der Waals surface area (Å²) in [5.74, 6) is -2.08. The highest BCUT2D eigenvalue weighted by Crippen LogP contribution is 2.25. The first-order valence-electron chi connectivity index (χ1n) is 7.36. The molecule has 0 atom stereocenters. The molecule has 0 unspecified atom stereocenters. The van der Waals surface area contributed by atoms with Crippen LogP contribution >= 0.6 is 0 Å². The number of para-hydroxylation sites is 1. The zero-order valence-corrected chi connectivity index (χ0v) is 13.2. The number of aromatic nitrogens is 2. The minimum absolute atomic E-state index is 0.160. The maximum absolute atomic E-state index is 13.9. The topological polar surface area (TPSA) is 110 Å². The van der Waals surface area contributed by atoms with Crippen molar-refractivity contribution in [1.82, 2.24) is 9.38 Å². The Morgan fingerprint density at radius 1 is 1.27 bits per heavy atom. The number of hydrogen-bond acceptors (Lipinski definition) is 5. The molecule has 2 aromatic heterocycles. The molecule has 7 nitrogen and oxygen atoms in total. The maximum Gasteiger partial charge on any atom is 0.269 e. The van der Waals surface area contributed by atoms with E-state index in [1.807, 2.05) is 0 Å². The van der Waals surface area contributed by atoms with Gasteiger partial charge in [0.1, 0.15) is 22.9 Å². The average Bonchev–Trinajstić information content (AvgIpc) is 2.63. The Balaban J connectivity index is 2.28. The van der Waals surface area contributed by atoms with Gasteiger partial charge in [0.15, 0.2) is 11.6 Å². The molecular weight excluding hydrogens is 339 g/mol. The number of pyridine rings is 1. The summed E-state index contributed by atoms with van der Waals surface area (Å²) in [6.07, 6.45) is 2.44. The molecule has 0 aliphatic carbocycles. The van der Waals surface area contributed by atoms with Crippen molar-refractivity contribution < 1.29 is 13.9 Å². The number of benzene rings is 1. The second-order valence-electron chi connectivity index (χ2n) is 5.13. The number of nitrogens with zero attached hydrogens (tertiary/aromatic N) is 3. The Bertz CT molecular complexity index is 1150. The number of ether oxygens (including phenoxy) is 1. The third-order valence-corrected chi connectivity index (χ3v) is 3.45. The zero-order chi connectivity index (χ0) is 18.7. The van der Waals surface area contributed by atoms with Crippen molar-refractivity contribution in [1.29, 1.82) is 5.26 Å². The third-order valence-electron chi connectivity index (χ3n) is 3.45. The molecule has 2 N–H and O–H groups in total. The van der Waals surface area contributed by atoms with Crippen LogP contribution in [-0.2, 0) is 4.79 Å². The second kappa shape index (κ2) is 6.86. The summed E-state index contributed by atoms with van der Waals surface area (Å²) in [6.45, 7) is 0. The minimum Gasteiger partial charge on any atom is -0.435 e. The quantitative estimate of drug-likeness (QED) is 0.572. The fourth-order valence-corrected chi connectivity index (χ4v) is 2.22. The van der Waals surface area contributed by atoms with E-state index in [9.17, 15) is 14.0 Å². The first kappa shape index (κ1) is 16.9. The van der Waals surface area contributed by atoms with E-state index in [1.54, 1.807) is 30.3 Å². The number of halogens is 1. The van der Waals surface area contributed by atoms with E-state index in [-0.39, 0.29) is 22.8 Å². The van der Waals surface area contributed by atoms with Crippen LogP contribution in [0.15, 0.2) is 59.0 Å². The number of carbonyl (C=O) groups excluding carboxylic acids is 1. The van der Waals surface area contributed by atoms with Crippen LogP contribution in [0.2, 0.25) is 0 Å². The van der Waals surface area contributed by atoms with Gasteiger partial charge >= 0.3 is 0 Å². The standard InChI is InChI=1S/C18H11FN4O3/c19-13-5-1-2-6-14(13)26-17-12(9-11(10-20)16(21)24)18(25)23-8-4-3-7-15(23)22-17/h1-9H,(H2,21,24)/b11-9+. The highest BCUT2D eigenvalue weighted by atomic mass is 19.1. The third kappa shape index (κ3) is 3.14. The van der Waals surface area contributed by atoms with Gasteiger partial charge in [-0.15, -0.1) is 0 Å². The van der Waals surface area contributed by atoms with Gasteiger partial charge in [0, 0.05) is 6.20 Å². The first-order chi connectivity index (χ1) is 12.5. The molecule has 0 saturated carbocycles. The Morgan fingerprint density at radius 2 is 2.00 bits per heavy atom. The fraction of sp³-hybridized carbons (Fsp3) is 0. The minimum atomic E-state index is -1.01. The molecule has 3 aromatic rings. The number of rotatable bonds is 4. The Kier molecular flexibility index (Phi) is 4.45. The number of carbonyl (C=O) groups is 1. The van der Waals surface area contributed by atoms with Gasteiger partial charge in [0.25, 0.3) is 11.5 Å². The summed E-state index contributed by atoms with van der Waals surface area (Å²) >= 11 is 0. The lowest BCUT2D eigenvalue weighted by Gasteiger charge is -2.10. The van der Waals surface area contributed by atoms with E-state index < -0.39 is 22.9 Å². The molecule has 3 rings (SSSR count). The highest BCUT2D eigenvalue weighted by molar-refractivity contribution is 6.00. The van der Waals surface area contributed by atoms with Crippen molar-refractivity contribution in [3.05, 3.63) is 76.0 Å². The predicted octanol–water partition coefficient (Wildman–Crippen LogP) is 2.02. The fourth-order valence-electron chi connectivity index (χ4n) is 2.22. The number of nitrogens with two attached hydrogens (primary N) is 1. The summed E-state index contributed by atoms with van der Waals surface area (Å²) in [5, 5.41) is 9.04. The van der Waals surface area contributed by atoms with Crippen LogP contribution in [-0.4, -0.2) is 15.3 Å². The predicted molar refractivity (Wildman–Crippen MR) is 90.7 cm³/mol. The van der Waals surface area contributed by atoms with Crippen LogP contribution in [0, 0.1) is 17.1 Å².